The molecule has 1 heterocycles. The molecule has 0 bridgehead atoms. The third-order valence-electron chi connectivity index (χ3n) is 2.37. The highest BCUT2D eigenvalue weighted by molar-refractivity contribution is 9.10. The molecule has 6 heteroatoms. The van der Waals surface area contributed by atoms with Gasteiger partial charge in [-0.05, 0) is 22.0 Å². The number of nitrogens with one attached hydrogen (secondary N) is 1. The van der Waals surface area contributed by atoms with Crippen molar-refractivity contribution in [1.82, 2.24) is 9.55 Å². The Hall–Kier alpha value is -1.43. The first kappa shape index (κ1) is 12.0. The van der Waals surface area contributed by atoms with Gasteiger partial charge in [-0.3, -0.25) is 0 Å². The van der Waals surface area contributed by atoms with Crippen molar-refractivity contribution in [3.05, 3.63) is 46.5 Å². The molecule has 2 aromatic rings. The normalized spacial score (nSPS) is 10.6. The number of nitrogens with zero attached hydrogens (tertiary/aromatic N) is 2. The maximum atomic E-state index is 13.5. The van der Waals surface area contributed by atoms with Gasteiger partial charge in [-0.2, -0.15) is 0 Å². The van der Waals surface area contributed by atoms with Gasteiger partial charge in [0.25, 0.3) is 0 Å². The van der Waals surface area contributed by atoms with E-state index in [2.05, 4.69) is 26.2 Å². The summed E-state index contributed by atoms with van der Waals surface area (Å²) >= 11 is 3.12. The zero-order valence-electron chi connectivity index (χ0n) is 9.04. The minimum Gasteiger partial charge on any atom is -0.376 e. The average molecular weight is 302 g/mol. The van der Waals surface area contributed by atoms with Crippen LogP contribution >= 0.6 is 15.9 Å². The van der Waals surface area contributed by atoms with Gasteiger partial charge in [-0.15, -0.1) is 0 Å². The Bertz CT molecular complexity index is 516. The predicted octanol–water partition coefficient (Wildman–Crippen LogP) is 3.07. The van der Waals surface area contributed by atoms with Crippen LogP contribution in [0.5, 0.6) is 0 Å². The fourth-order valence-corrected chi connectivity index (χ4v) is 1.99. The number of halogens is 3. The lowest BCUT2D eigenvalue weighted by atomic mass is 10.3. The van der Waals surface area contributed by atoms with E-state index in [9.17, 15) is 8.78 Å². The van der Waals surface area contributed by atoms with Gasteiger partial charge in [0.05, 0.1) is 24.3 Å². The predicted molar refractivity (Wildman–Crippen MR) is 64.6 cm³/mol. The third kappa shape index (κ3) is 2.63. The van der Waals surface area contributed by atoms with Crippen molar-refractivity contribution in [2.75, 3.05) is 5.32 Å². The molecular formula is C11H10BrF2N3. The molecule has 0 saturated heterocycles. The van der Waals surface area contributed by atoms with Crippen LogP contribution < -0.4 is 5.32 Å². The molecule has 1 N–H and O–H groups in total. The Kier molecular flexibility index (Phi) is 3.42. The second kappa shape index (κ2) is 4.83. The van der Waals surface area contributed by atoms with Crippen molar-refractivity contribution < 1.29 is 8.78 Å². The Morgan fingerprint density at radius 2 is 2.18 bits per heavy atom. The zero-order chi connectivity index (χ0) is 12.4. The molecule has 0 unspecified atom stereocenters. The maximum Gasteiger partial charge on any atom is 0.150 e. The Balaban J connectivity index is 2.17. The lowest BCUT2D eigenvalue weighted by molar-refractivity contribution is 0.583. The highest BCUT2D eigenvalue weighted by Gasteiger charge is 2.09. The Labute approximate surface area is 106 Å². The summed E-state index contributed by atoms with van der Waals surface area (Å²) in [5.41, 5.74) is 1.15. The molecule has 90 valence electrons. The van der Waals surface area contributed by atoms with Gasteiger partial charge in [0.15, 0.2) is 0 Å². The zero-order valence-corrected chi connectivity index (χ0v) is 10.6. The molecule has 0 atom stereocenters. The van der Waals surface area contributed by atoms with Crippen LogP contribution in [0.1, 0.15) is 5.69 Å². The monoisotopic (exact) mass is 301 g/mol. The number of rotatable bonds is 3. The van der Waals surface area contributed by atoms with E-state index in [0.29, 0.717) is 11.0 Å². The van der Waals surface area contributed by atoms with Gasteiger partial charge in [-0.1, -0.05) is 0 Å². The first-order valence-corrected chi connectivity index (χ1v) is 5.71. The number of imidazole rings is 1. The molecule has 0 radical (unpaired) electrons. The molecule has 2 rings (SSSR count). The molecule has 17 heavy (non-hydrogen) atoms. The largest absolute Gasteiger partial charge is 0.376 e. The summed E-state index contributed by atoms with van der Waals surface area (Å²) in [5.74, 6) is -1.24. The fourth-order valence-electron chi connectivity index (χ4n) is 1.44. The summed E-state index contributed by atoms with van der Waals surface area (Å²) < 4.78 is 28.5. The van der Waals surface area contributed by atoms with Crippen molar-refractivity contribution in [2.45, 2.75) is 6.54 Å². The quantitative estimate of drug-likeness (QED) is 0.944. The molecule has 0 saturated carbocycles. The van der Waals surface area contributed by atoms with Crippen LogP contribution in [0.2, 0.25) is 0 Å². The second-order valence-electron chi connectivity index (χ2n) is 3.59. The van der Waals surface area contributed by atoms with Crippen molar-refractivity contribution in [3.63, 3.8) is 0 Å². The van der Waals surface area contributed by atoms with Gasteiger partial charge in [-0.25, -0.2) is 13.8 Å². The van der Waals surface area contributed by atoms with Gasteiger partial charge in [0.1, 0.15) is 11.6 Å². The first-order chi connectivity index (χ1) is 8.08. The van der Waals surface area contributed by atoms with Crippen LogP contribution in [0, 0.1) is 11.6 Å². The molecule has 0 spiro atoms. The Morgan fingerprint density at radius 1 is 1.41 bits per heavy atom. The maximum absolute atomic E-state index is 13.5. The van der Waals surface area contributed by atoms with Crippen LogP contribution in [-0.2, 0) is 13.6 Å². The van der Waals surface area contributed by atoms with E-state index in [0.717, 1.165) is 11.8 Å². The average Bonchev–Trinajstić information content (AvgIpc) is 2.62. The number of aromatic nitrogens is 2. The van der Waals surface area contributed by atoms with Crippen molar-refractivity contribution in [2.24, 2.45) is 7.05 Å². The molecule has 0 aliphatic rings. The van der Waals surface area contributed by atoms with E-state index >= 15 is 0 Å². The highest BCUT2D eigenvalue weighted by atomic mass is 79.9. The Morgan fingerprint density at radius 3 is 2.76 bits per heavy atom. The van der Waals surface area contributed by atoms with Crippen molar-refractivity contribution >= 4 is 21.6 Å². The SMILES string of the molecule is Cn1cncc1CNc1c(F)cc(F)cc1Br. The van der Waals surface area contributed by atoms with Gasteiger partial charge < -0.3 is 9.88 Å². The van der Waals surface area contributed by atoms with Crippen LogP contribution in [0.3, 0.4) is 0 Å². The topological polar surface area (TPSA) is 29.9 Å². The molecule has 0 fully saturated rings. The van der Waals surface area contributed by atoms with Crippen molar-refractivity contribution in [1.29, 1.82) is 0 Å². The van der Waals surface area contributed by atoms with Gasteiger partial charge in [0, 0.05) is 23.8 Å². The van der Waals surface area contributed by atoms with Crippen LogP contribution in [-0.4, -0.2) is 9.55 Å². The van der Waals surface area contributed by atoms with Crippen LogP contribution in [0.25, 0.3) is 0 Å². The molecule has 0 amide bonds. The van der Waals surface area contributed by atoms with E-state index < -0.39 is 11.6 Å². The molecule has 1 aromatic heterocycles. The minimum absolute atomic E-state index is 0.243. The van der Waals surface area contributed by atoms with Gasteiger partial charge >= 0.3 is 0 Å². The van der Waals surface area contributed by atoms with E-state index in [1.165, 1.54) is 6.07 Å². The highest BCUT2D eigenvalue weighted by Crippen LogP contribution is 2.27. The van der Waals surface area contributed by atoms with E-state index in [1.54, 1.807) is 12.5 Å². The summed E-state index contributed by atoms with van der Waals surface area (Å²) in [6, 6.07) is 2.06. The summed E-state index contributed by atoms with van der Waals surface area (Å²) in [6.45, 7) is 0.414. The summed E-state index contributed by atoms with van der Waals surface area (Å²) in [5, 5.41) is 2.90. The first-order valence-electron chi connectivity index (χ1n) is 4.91. The number of aryl methyl sites for hydroxylation is 1. The number of hydrogen-bond acceptors (Lipinski definition) is 2. The molecule has 1 aromatic carbocycles. The number of anilines is 1. The summed E-state index contributed by atoms with van der Waals surface area (Å²) in [6.07, 6.45) is 3.34. The standard InChI is InChI=1S/C11H10BrF2N3/c1-17-6-15-4-8(17)5-16-11-9(12)2-7(13)3-10(11)14/h2-4,6,16H,5H2,1H3. The van der Waals surface area contributed by atoms with Crippen LogP contribution in [0.15, 0.2) is 29.1 Å². The number of hydrogen-bond donors (Lipinski definition) is 1. The minimum atomic E-state index is -0.626. The smallest absolute Gasteiger partial charge is 0.150 e. The second-order valence-corrected chi connectivity index (χ2v) is 4.45. The van der Waals surface area contributed by atoms with E-state index in [-0.39, 0.29) is 5.69 Å². The number of benzene rings is 1. The molecular weight excluding hydrogens is 292 g/mol. The van der Waals surface area contributed by atoms with Crippen LogP contribution in [0.4, 0.5) is 14.5 Å². The molecule has 3 nitrogen and oxygen atoms in total. The van der Waals surface area contributed by atoms with Crippen molar-refractivity contribution in [3.8, 4) is 0 Å². The van der Waals surface area contributed by atoms with E-state index in [1.807, 2.05) is 11.6 Å². The lowest BCUT2D eigenvalue weighted by Gasteiger charge is -2.10. The third-order valence-corrected chi connectivity index (χ3v) is 3.00. The molecule has 0 aliphatic heterocycles. The fraction of sp³-hybridized carbons (Fsp3) is 0.182. The lowest BCUT2D eigenvalue weighted by Crippen LogP contribution is -2.06. The summed E-state index contributed by atoms with van der Waals surface area (Å²) in [7, 11) is 1.85. The summed E-state index contributed by atoms with van der Waals surface area (Å²) in [4.78, 5) is 3.95. The molecule has 0 aliphatic carbocycles. The van der Waals surface area contributed by atoms with Gasteiger partial charge in [0.2, 0.25) is 0 Å². The van der Waals surface area contributed by atoms with E-state index in [4.69, 9.17) is 0 Å².